The van der Waals surface area contributed by atoms with E-state index < -0.39 is 21.9 Å². The smallest absolute Gasteiger partial charge is 0.350 e. The van der Waals surface area contributed by atoms with E-state index in [2.05, 4.69) is 15.0 Å². The highest BCUT2D eigenvalue weighted by Crippen LogP contribution is 2.38. The van der Waals surface area contributed by atoms with Crippen LogP contribution in [-0.4, -0.2) is 31.9 Å². The molecule has 0 radical (unpaired) electrons. The van der Waals surface area contributed by atoms with Crippen molar-refractivity contribution in [3.63, 3.8) is 0 Å². The highest BCUT2D eigenvalue weighted by atomic mass is 32.2. The number of hydrogen-bond acceptors (Lipinski definition) is 8. The molecule has 0 spiro atoms. The van der Waals surface area contributed by atoms with Crippen LogP contribution < -0.4 is 10.0 Å². The van der Waals surface area contributed by atoms with E-state index >= 15 is 0 Å². The van der Waals surface area contributed by atoms with Gasteiger partial charge in [0.1, 0.15) is 13.9 Å². The molecule has 0 unspecified atom stereocenters. The number of anilines is 2. The number of thiophene rings is 2. The van der Waals surface area contributed by atoms with Gasteiger partial charge in [0.05, 0.1) is 23.5 Å². The molecule has 4 rings (SSSR count). The first-order chi connectivity index (χ1) is 16.2. The third-order valence-electron chi connectivity index (χ3n) is 4.86. The van der Waals surface area contributed by atoms with Crippen molar-refractivity contribution in [2.75, 3.05) is 16.6 Å². The molecule has 1 amide bonds. The van der Waals surface area contributed by atoms with Gasteiger partial charge in [0.25, 0.3) is 15.9 Å². The van der Waals surface area contributed by atoms with Crippen LogP contribution in [0.25, 0.3) is 10.2 Å². The number of carbonyl (C=O) groups is 2. The molecule has 3 heterocycles. The highest BCUT2D eigenvalue weighted by Gasteiger charge is 2.25. The molecule has 2 N–H and O–H groups in total. The molecule has 0 aliphatic heterocycles. The minimum absolute atomic E-state index is 0.106. The average Bonchev–Trinajstić information content (AvgIpc) is 3.43. The molecule has 4 aromatic rings. The van der Waals surface area contributed by atoms with Crippen molar-refractivity contribution >= 4 is 66.2 Å². The van der Waals surface area contributed by atoms with Crippen LogP contribution in [0.1, 0.15) is 38.2 Å². The lowest BCUT2D eigenvalue weighted by Crippen LogP contribution is -2.19. The van der Waals surface area contributed by atoms with Gasteiger partial charge in [-0.05, 0) is 56.0 Å². The van der Waals surface area contributed by atoms with Crippen molar-refractivity contribution in [1.82, 2.24) is 4.98 Å². The zero-order valence-electron chi connectivity index (χ0n) is 18.5. The Balaban J connectivity index is 1.75. The molecule has 0 fully saturated rings. The number of carbonyl (C=O) groups excluding carboxylic acids is 2. The number of benzene rings is 1. The van der Waals surface area contributed by atoms with Crippen LogP contribution in [0.2, 0.25) is 0 Å². The van der Waals surface area contributed by atoms with E-state index in [1.54, 1.807) is 30.5 Å². The van der Waals surface area contributed by atoms with Crippen LogP contribution in [0.4, 0.5) is 11.4 Å². The predicted octanol–water partition coefficient (Wildman–Crippen LogP) is 5.20. The summed E-state index contributed by atoms with van der Waals surface area (Å²) >= 11 is 2.21. The first-order valence-electron chi connectivity index (χ1n) is 10.3. The van der Waals surface area contributed by atoms with Gasteiger partial charge < -0.3 is 10.1 Å². The number of amides is 1. The van der Waals surface area contributed by atoms with E-state index in [1.165, 1.54) is 18.2 Å². The second-order valence-electron chi connectivity index (χ2n) is 7.32. The third-order valence-corrected chi connectivity index (χ3v) is 8.69. The Morgan fingerprint density at radius 3 is 2.59 bits per heavy atom. The summed E-state index contributed by atoms with van der Waals surface area (Å²) < 4.78 is 33.2. The molecule has 1 aromatic carbocycles. The van der Waals surface area contributed by atoms with Crippen molar-refractivity contribution < 1.29 is 22.7 Å². The van der Waals surface area contributed by atoms with Crippen molar-refractivity contribution in [2.45, 2.75) is 25.0 Å². The predicted molar refractivity (Wildman–Crippen MR) is 135 cm³/mol. The van der Waals surface area contributed by atoms with E-state index in [0.29, 0.717) is 15.9 Å². The van der Waals surface area contributed by atoms with E-state index in [9.17, 15) is 18.0 Å². The maximum absolute atomic E-state index is 13.3. The molecule has 8 nitrogen and oxygen atoms in total. The Kier molecular flexibility index (Phi) is 6.69. The van der Waals surface area contributed by atoms with Gasteiger partial charge in [-0.3, -0.25) is 9.52 Å². The molecule has 0 saturated heterocycles. The summed E-state index contributed by atoms with van der Waals surface area (Å²) in [4.78, 5) is 31.3. The number of aromatic nitrogens is 1. The van der Waals surface area contributed by atoms with E-state index in [0.717, 1.165) is 33.9 Å². The second-order valence-corrected chi connectivity index (χ2v) is 11.2. The van der Waals surface area contributed by atoms with E-state index in [-0.39, 0.29) is 26.9 Å². The van der Waals surface area contributed by atoms with Crippen LogP contribution >= 0.6 is 22.7 Å². The summed E-state index contributed by atoms with van der Waals surface area (Å²) in [6.45, 7) is 5.61. The fourth-order valence-corrected chi connectivity index (χ4v) is 6.68. The van der Waals surface area contributed by atoms with Crippen molar-refractivity contribution in [3.8, 4) is 0 Å². The number of para-hydroxylation sites is 1. The van der Waals surface area contributed by atoms with Crippen molar-refractivity contribution in [2.24, 2.45) is 0 Å². The number of ether oxygens (including phenoxy) is 1. The number of nitrogens with one attached hydrogen (secondary N) is 2. The summed E-state index contributed by atoms with van der Waals surface area (Å²) in [5.74, 6) is -1.14. The average molecular weight is 516 g/mol. The first kappa shape index (κ1) is 23.9. The topological polar surface area (TPSA) is 114 Å². The summed E-state index contributed by atoms with van der Waals surface area (Å²) in [5, 5.41) is 5.11. The molecule has 11 heteroatoms. The normalized spacial score (nSPS) is 11.4. The lowest BCUT2D eigenvalue weighted by molar-refractivity contribution is 0.0533. The maximum atomic E-state index is 13.3. The minimum Gasteiger partial charge on any atom is -0.462 e. The summed E-state index contributed by atoms with van der Waals surface area (Å²) in [7, 11) is -3.86. The Labute approximate surface area is 204 Å². The summed E-state index contributed by atoms with van der Waals surface area (Å²) in [5.41, 5.74) is 2.15. The zero-order chi connectivity index (χ0) is 24.5. The lowest BCUT2D eigenvalue weighted by Gasteiger charge is -2.13. The Morgan fingerprint density at radius 2 is 1.88 bits per heavy atom. The fraction of sp³-hybridized carbons (Fsp3) is 0.174. The van der Waals surface area contributed by atoms with Crippen LogP contribution in [0.5, 0.6) is 0 Å². The fourth-order valence-electron chi connectivity index (χ4n) is 3.46. The number of aryl methyl sites for hydroxylation is 2. The van der Waals surface area contributed by atoms with Gasteiger partial charge in [-0.15, -0.1) is 22.7 Å². The molecule has 0 aliphatic carbocycles. The van der Waals surface area contributed by atoms with Crippen LogP contribution in [0, 0.1) is 13.8 Å². The molecule has 3 aromatic heterocycles. The van der Waals surface area contributed by atoms with Gasteiger partial charge in [0.2, 0.25) is 0 Å². The number of hydrogen-bond donors (Lipinski definition) is 2. The number of nitrogens with zero attached hydrogens (tertiary/aromatic N) is 1. The van der Waals surface area contributed by atoms with Crippen LogP contribution in [0.15, 0.2) is 52.1 Å². The lowest BCUT2D eigenvalue weighted by atomic mass is 10.1. The number of fused-ring (bicyclic) bond motifs is 1. The largest absolute Gasteiger partial charge is 0.462 e. The number of esters is 1. The Bertz CT molecular complexity index is 1490. The quantitative estimate of drug-likeness (QED) is 0.327. The molecule has 0 bridgehead atoms. The third kappa shape index (κ3) is 4.67. The van der Waals surface area contributed by atoms with E-state index in [1.807, 2.05) is 19.9 Å². The number of rotatable bonds is 7. The molecular formula is C23H21N3O5S3. The maximum Gasteiger partial charge on any atom is 0.350 e. The second kappa shape index (κ2) is 9.53. The first-order valence-corrected chi connectivity index (χ1v) is 13.4. The molecule has 0 atom stereocenters. The van der Waals surface area contributed by atoms with Gasteiger partial charge in [-0.25, -0.2) is 18.2 Å². The van der Waals surface area contributed by atoms with Crippen LogP contribution in [0.3, 0.4) is 0 Å². The highest BCUT2D eigenvalue weighted by molar-refractivity contribution is 7.94. The number of sulfonamides is 1. The Morgan fingerprint density at radius 1 is 1.12 bits per heavy atom. The van der Waals surface area contributed by atoms with Gasteiger partial charge in [0, 0.05) is 11.1 Å². The number of pyridine rings is 1. The van der Waals surface area contributed by atoms with Crippen LogP contribution in [-0.2, 0) is 14.8 Å². The SMILES string of the molecule is CCOC(=O)c1sc2nc(C)cc(C)c2c1NC(=O)c1ccccc1NS(=O)(=O)c1cccs1. The molecule has 0 aliphatic rings. The van der Waals surface area contributed by atoms with Gasteiger partial charge in [0.15, 0.2) is 0 Å². The molecule has 0 saturated carbocycles. The zero-order valence-corrected chi connectivity index (χ0v) is 21.0. The van der Waals surface area contributed by atoms with Gasteiger partial charge in [-0.2, -0.15) is 0 Å². The van der Waals surface area contributed by atoms with Gasteiger partial charge >= 0.3 is 5.97 Å². The molecule has 176 valence electrons. The van der Waals surface area contributed by atoms with Crippen molar-refractivity contribution in [3.05, 3.63) is 69.5 Å². The Hall–Kier alpha value is -3.28. The summed E-state index contributed by atoms with van der Waals surface area (Å²) in [6.07, 6.45) is 0. The minimum atomic E-state index is -3.86. The van der Waals surface area contributed by atoms with E-state index in [4.69, 9.17) is 4.74 Å². The van der Waals surface area contributed by atoms with Gasteiger partial charge in [-0.1, -0.05) is 18.2 Å². The monoisotopic (exact) mass is 515 g/mol. The summed E-state index contributed by atoms with van der Waals surface area (Å²) in [6, 6.07) is 11.3. The standard InChI is InChI=1S/C23H21N3O5S3/c1-4-31-23(28)20-19(18-13(2)12-14(3)24-22(18)33-20)25-21(27)15-8-5-6-9-16(15)26-34(29,30)17-10-7-11-32-17/h5-12,26H,4H2,1-3H3,(H,25,27). The molecule has 34 heavy (non-hydrogen) atoms. The van der Waals surface area contributed by atoms with Crippen molar-refractivity contribution in [1.29, 1.82) is 0 Å². The molecular weight excluding hydrogens is 494 g/mol.